The minimum absolute atomic E-state index is 0. The highest BCUT2D eigenvalue weighted by Gasteiger charge is 2.05. The molecular formula is C15H20F2IN5. The zero-order valence-corrected chi connectivity index (χ0v) is 15.1. The third-order valence-corrected chi connectivity index (χ3v) is 3.12. The van der Waals surface area contributed by atoms with E-state index in [2.05, 4.69) is 20.6 Å². The van der Waals surface area contributed by atoms with E-state index >= 15 is 0 Å². The number of aryl methyl sites for hydroxylation is 1. The van der Waals surface area contributed by atoms with Crippen LogP contribution in [0.5, 0.6) is 0 Å². The number of halogens is 3. The lowest BCUT2D eigenvalue weighted by Crippen LogP contribution is -2.37. The van der Waals surface area contributed by atoms with Crippen molar-refractivity contribution in [2.45, 2.75) is 19.5 Å². The van der Waals surface area contributed by atoms with Crippen molar-refractivity contribution >= 4 is 29.9 Å². The standard InChI is InChI=1S/C15H19F2N5.HI/c1-18-15(20-5-2-7-22-8-6-19-11-22)21-10-12-9-13(16)3-4-14(12)17;/h3-4,6,8-9,11H,2,5,7,10H2,1H3,(H2,18,20,21);1H. The molecule has 1 aromatic heterocycles. The van der Waals surface area contributed by atoms with Crippen molar-refractivity contribution in [2.75, 3.05) is 13.6 Å². The maximum Gasteiger partial charge on any atom is 0.191 e. The molecule has 0 fully saturated rings. The number of aliphatic imine (C=N–C) groups is 1. The lowest BCUT2D eigenvalue weighted by molar-refractivity contribution is 0.580. The summed E-state index contributed by atoms with van der Waals surface area (Å²) in [5.41, 5.74) is 0.265. The number of imidazole rings is 1. The van der Waals surface area contributed by atoms with Gasteiger partial charge in [-0.2, -0.15) is 0 Å². The number of nitrogens with one attached hydrogen (secondary N) is 2. The van der Waals surface area contributed by atoms with Crippen molar-refractivity contribution < 1.29 is 8.78 Å². The van der Waals surface area contributed by atoms with Crippen molar-refractivity contribution in [2.24, 2.45) is 4.99 Å². The van der Waals surface area contributed by atoms with Gasteiger partial charge < -0.3 is 15.2 Å². The van der Waals surface area contributed by atoms with Gasteiger partial charge in [-0.15, -0.1) is 24.0 Å². The van der Waals surface area contributed by atoms with E-state index in [9.17, 15) is 8.78 Å². The van der Waals surface area contributed by atoms with Gasteiger partial charge in [-0.3, -0.25) is 4.99 Å². The lowest BCUT2D eigenvalue weighted by Gasteiger charge is -2.12. The SMILES string of the molecule is CN=C(NCCCn1ccnc1)NCc1cc(F)ccc1F.I. The molecule has 2 rings (SSSR count). The molecule has 5 nitrogen and oxygen atoms in total. The predicted molar refractivity (Wildman–Crippen MR) is 96.8 cm³/mol. The van der Waals surface area contributed by atoms with E-state index in [1.807, 2.05) is 10.8 Å². The number of guanidine groups is 1. The Balaban J connectivity index is 0.00000264. The first-order valence-corrected chi connectivity index (χ1v) is 7.03. The lowest BCUT2D eigenvalue weighted by atomic mass is 10.2. The van der Waals surface area contributed by atoms with E-state index in [1.165, 1.54) is 6.07 Å². The minimum Gasteiger partial charge on any atom is -0.356 e. The van der Waals surface area contributed by atoms with Gasteiger partial charge in [-0.05, 0) is 24.6 Å². The van der Waals surface area contributed by atoms with Gasteiger partial charge in [-0.25, -0.2) is 13.8 Å². The van der Waals surface area contributed by atoms with Gasteiger partial charge in [0, 0.05) is 44.6 Å². The third kappa shape index (κ3) is 6.51. The zero-order chi connectivity index (χ0) is 15.8. The number of benzene rings is 1. The molecule has 0 unspecified atom stereocenters. The predicted octanol–water partition coefficient (Wildman–Crippen LogP) is 2.53. The molecular weight excluding hydrogens is 415 g/mol. The largest absolute Gasteiger partial charge is 0.356 e. The number of aromatic nitrogens is 2. The van der Waals surface area contributed by atoms with Gasteiger partial charge >= 0.3 is 0 Å². The van der Waals surface area contributed by atoms with Gasteiger partial charge in [0.25, 0.3) is 0 Å². The fourth-order valence-corrected chi connectivity index (χ4v) is 1.97. The molecule has 0 saturated carbocycles. The normalized spacial score (nSPS) is 11.0. The first kappa shape index (κ1) is 19.3. The second-order valence-electron chi connectivity index (χ2n) is 4.74. The molecule has 0 amide bonds. The molecule has 0 atom stereocenters. The zero-order valence-electron chi connectivity index (χ0n) is 12.8. The Hall–Kier alpha value is -1.71. The molecule has 126 valence electrons. The van der Waals surface area contributed by atoms with Gasteiger partial charge in [0.1, 0.15) is 11.6 Å². The Bertz CT molecular complexity index is 616. The first-order valence-electron chi connectivity index (χ1n) is 7.03. The molecule has 1 heterocycles. The van der Waals surface area contributed by atoms with Crippen LogP contribution in [0.4, 0.5) is 8.78 Å². The smallest absolute Gasteiger partial charge is 0.191 e. The van der Waals surface area contributed by atoms with Crippen molar-refractivity contribution in [1.29, 1.82) is 0 Å². The van der Waals surface area contributed by atoms with Crippen LogP contribution in [0.1, 0.15) is 12.0 Å². The highest BCUT2D eigenvalue weighted by atomic mass is 127. The van der Waals surface area contributed by atoms with Gasteiger partial charge in [0.15, 0.2) is 5.96 Å². The number of hydrogen-bond acceptors (Lipinski definition) is 2. The Kier molecular flexibility index (Phi) is 8.52. The van der Waals surface area contributed by atoms with Crippen LogP contribution in [0.3, 0.4) is 0 Å². The summed E-state index contributed by atoms with van der Waals surface area (Å²) >= 11 is 0. The van der Waals surface area contributed by atoms with Crippen LogP contribution in [0, 0.1) is 11.6 Å². The second kappa shape index (κ2) is 10.1. The van der Waals surface area contributed by atoms with Crippen LogP contribution < -0.4 is 10.6 Å². The van der Waals surface area contributed by atoms with Crippen molar-refractivity contribution in [3.63, 3.8) is 0 Å². The monoisotopic (exact) mass is 435 g/mol. The molecule has 2 N–H and O–H groups in total. The number of rotatable bonds is 6. The summed E-state index contributed by atoms with van der Waals surface area (Å²) in [7, 11) is 1.63. The summed E-state index contributed by atoms with van der Waals surface area (Å²) < 4.78 is 28.6. The molecule has 2 aromatic rings. The first-order chi connectivity index (χ1) is 10.7. The van der Waals surface area contributed by atoms with Crippen LogP contribution in [-0.4, -0.2) is 29.1 Å². The van der Waals surface area contributed by atoms with E-state index in [0.717, 1.165) is 25.1 Å². The Labute approximate surface area is 151 Å². The second-order valence-corrected chi connectivity index (χ2v) is 4.74. The molecule has 0 aliphatic heterocycles. The summed E-state index contributed by atoms with van der Waals surface area (Å²) in [6, 6.07) is 3.39. The quantitative estimate of drug-likeness (QED) is 0.318. The highest BCUT2D eigenvalue weighted by Crippen LogP contribution is 2.08. The van der Waals surface area contributed by atoms with Crippen LogP contribution in [-0.2, 0) is 13.1 Å². The van der Waals surface area contributed by atoms with Crippen LogP contribution in [0.15, 0.2) is 41.9 Å². The van der Waals surface area contributed by atoms with Crippen molar-refractivity contribution in [3.8, 4) is 0 Å². The molecule has 0 radical (unpaired) electrons. The number of nitrogens with zero attached hydrogens (tertiary/aromatic N) is 3. The Morgan fingerprint density at radius 2 is 2.13 bits per heavy atom. The van der Waals surface area contributed by atoms with E-state index < -0.39 is 11.6 Å². The molecule has 0 spiro atoms. The van der Waals surface area contributed by atoms with Crippen molar-refractivity contribution in [3.05, 3.63) is 54.1 Å². The molecule has 0 aliphatic carbocycles. The van der Waals surface area contributed by atoms with Crippen LogP contribution in [0.2, 0.25) is 0 Å². The minimum atomic E-state index is -0.457. The van der Waals surface area contributed by atoms with E-state index in [1.54, 1.807) is 19.6 Å². The van der Waals surface area contributed by atoms with E-state index in [4.69, 9.17) is 0 Å². The molecule has 1 aromatic carbocycles. The average molecular weight is 435 g/mol. The number of hydrogen-bond donors (Lipinski definition) is 2. The van der Waals surface area contributed by atoms with E-state index in [-0.39, 0.29) is 36.1 Å². The van der Waals surface area contributed by atoms with Crippen LogP contribution in [0.25, 0.3) is 0 Å². The molecule has 8 heteroatoms. The summed E-state index contributed by atoms with van der Waals surface area (Å²) in [4.78, 5) is 8.02. The summed E-state index contributed by atoms with van der Waals surface area (Å²) in [5, 5.41) is 6.09. The van der Waals surface area contributed by atoms with Gasteiger partial charge in [0.05, 0.1) is 6.33 Å². The molecule has 23 heavy (non-hydrogen) atoms. The summed E-state index contributed by atoms with van der Waals surface area (Å²) in [6.07, 6.45) is 6.30. The fourth-order valence-electron chi connectivity index (χ4n) is 1.97. The Morgan fingerprint density at radius 3 is 2.83 bits per heavy atom. The molecule has 0 bridgehead atoms. The summed E-state index contributed by atoms with van der Waals surface area (Å²) in [5.74, 6) is -0.347. The highest BCUT2D eigenvalue weighted by molar-refractivity contribution is 14.0. The van der Waals surface area contributed by atoms with Crippen molar-refractivity contribution in [1.82, 2.24) is 20.2 Å². The fraction of sp³-hybridized carbons (Fsp3) is 0.333. The van der Waals surface area contributed by atoms with E-state index in [0.29, 0.717) is 12.5 Å². The van der Waals surface area contributed by atoms with Crippen LogP contribution >= 0.6 is 24.0 Å². The topological polar surface area (TPSA) is 54.2 Å². The molecule has 0 saturated heterocycles. The maximum absolute atomic E-state index is 13.5. The molecule has 0 aliphatic rings. The van der Waals surface area contributed by atoms with Gasteiger partial charge in [-0.1, -0.05) is 0 Å². The average Bonchev–Trinajstić information content (AvgIpc) is 3.03. The maximum atomic E-state index is 13.5. The summed E-state index contributed by atoms with van der Waals surface area (Å²) in [6.45, 7) is 1.73. The Morgan fingerprint density at radius 1 is 1.30 bits per heavy atom. The van der Waals surface area contributed by atoms with Gasteiger partial charge in [0.2, 0.25) is 0 Å². The third-order valence-electron chi connectivity index (χ3n) is 3.12.